The quantitative estimate of drug-likeness (QED) is 0.579. The maximum absolute atomic E-state index is 10.6. The molecule has 3 nitrogen and oxygen atoms in total. The first-order valence-corrected chi connectivity index (χ1v) is 3.70. The molecule has 1 atom stereocenters. The Balaban J connectivity index is 0. The van der Waals surface area contributed by atoms with Crippen LogP contribution in [-0.4, -0.2) is 25.2 Å². The Bertz CT molecular complexity index is 104. The fourth-order valence-corrected chi connectivity index (χ4v) is 0.629. The van der Waals surface area contributed by atoms with Gasteiger partial charge in [0.15, 0.2) is 0 Å². The van der Waals surface area contributed by atoms with Gasteiger partial charge in [-0.1, -0.05) is 21.3 Å². The van der Waals surface area contributed by atoms with Crippen LogP contribution in [0.4, 0.5) is 0 Å². The van der Waals surface area contributed by atoms with Crippen LogP contribution in [0.3, 0.4) is 0 Å². The van der Waals surface area contributed by atoms with Gasteiger partial charge in [0.25, 0.3) is 0 Å². The highest BCUT2D eigenvalue weighted by molar-refractivity contribution is 5.80. The molecule has 1 N–H and O–H groups in total. The number of hydrogen-bond donors (Lipinski definition) is 1. The van der Waals surface area contributed by atoms with E-state index in [0.29, 0.717) is 13.2 Å². The van der Waals surface area contributed by atoms with E-state index in [9.17, 15) is 4.79 Å². The Hall–Kier alpha value is -0.570. The van der Waals surface area contributed by atoms with Gasteiger partial charge in [-0.2, -0.15) is 0 Å². The molecule has 11 heavy (non-hydrogen) atoms. The van der Waals surface area contributed by atoms with Crippen LogP contribution >= 0.6 is 0 Å². The third-order valence-electron chi connectivity index (χ3n) is 1.14. The van der Waals surface area contributed by atoms with Crippen molar-refractivity contribution in [3.63, 3.8) is 0 Å². The highest BCUT2D eigenvalue weighted by Gasteiger charge is 2.15. The van der Waals surface area contributed by atoms with Gasteiger partial charge in [0.1, 0.15) is 6.10 Å². The zero-order valence-electron chi connectivity index (χ0n) is 6.81. The van der Waals surface area contributed by atoms with Gasteiger partial charge in [-0.25, -0.2) is 0 Å². The van der Waals surface area contributed by atoms with Gasteiger partial charge in [-0.3, -0.25) is 4.79 Å². The summed E-state index contributed by atoms with van der Waals surface area (Å²) < 4.78 is 4.98. The van der Waals surface area contributed by atoms with E-state index in [1.54, 1.807) is 6.92 Å². The molecule has 1 aliphatic heterocycles. The van der Waals surface area contributed by atoms with Gasteiger partial charge in [-0.15, -0.1) is 0 Å². The molecule has 1 heterocycles. The number of morpholine rings is 1. The second-order valence-corrected chi connectivity index (χ2v) is 1.80. The first-order chi connectivity index (χ1) is 4.80. The summed E-state index contributed by atoms with van der Waals surface area (Å²) >= 11 is 0. The summed E-state index contributed by atoms with van der Waals surface area (Å²) in [6, 6.07) is 0. The van der Waals surface area contributed by atoms with Gasteiger partial charge < -0.3 is 10.1 Å². The predicted molar refractivity (Wildman–Crippen MR) is 46.5 cm³/mol. The summed E-state index contributed by atoms with van der Waals surface area (Å²) in [6.07, 6.45) is -0.247. The minimum atomic E-state index is -0.247. The molecular weight excluding hydrogens is 142 g/mol. The number of carbonyl (C=O) groups is 1. The molecule has 0 aromatic carbocycles. The predicted octanol–water partition coefficient (Wildman–Crippen LogP) is 1.18. The van der Waals surface area contributed by atoms with Crippen molar-refractivity contribution in [2.45, 2.75) is 34.3 Å². The van der Waals surface area contributed by atoms with Gasteiger partial charge in [0.2, 0.25) is 5.91 Å². The average molecular weight is 161 g/mol. The van der Waals surface area contributed by atoms with Crippen molar-refractivity contribution < 1.29 is 9.53 Å². The van der Waals surface area contributed by atoms with Gasteiger partial charge in [0.05, 0.1) is 6.61 Å². The van der Waals surface area contributed by atoms with Crippen LogP contribution in [0.25, 0.3) is 0 Å². The van der Waals surface area contributed by atoms with Crippen LogP contribution < -0.4 is 5.32 Å². The molecule has 1 unspecified atom stereocenters. The summed E-state index contributed by atoms with van der Waals surface area (Å²) in [6.45, 7) is 7.05. The lowest BCUT2D eigenvalue weighted by molar-refractivity contribution is -0.136. The van der Waals surface area contributed by atoms with Gasteiger partial charge in [0, 0.05) is 6.54 Å². The van der Waals surface area contributed by atoms with E-state index in [1.165, 1.54) is 0 Å². The number of nitrogens with one attached hydrogen (secondary N) is 1. The largest absolute Gasteiger partial charge is 0.367 e. The van der Waals surface area contributed by atoms with E-state index in [2.05, 4.69) is 5.32 Å². The lowest BCUT2D eigenvalue weighted by atomic mass is 10.3. The molecular formula is C8H19NO2. The Kier molecular flexibility index (Phi) is 8.94. The molecule has 1 saturated heterocycles. The highest BCUT2D eigenvalue weighted by atomic mass is 16.5. The highest BCUT2D eigenvalue weighted by Crippen LogP contribution is 1.93. The molecule has 1 aliphatic rings. The van der Waals surface area contributed by atoms with E-state index in [0.717, 1.165) is 0 Å². The Morgan fingerprint density at radius 3 is 2.36 bits per heavy atom. The summed E-state index contributed by atoms with van der Waals surface area (Å²) in [5.74, 6) is -0.00347. The maximum atomic E-state index is 10.6. The first-order valence-electron chi connectivity index (χ1n) is 3.70. The normalized spacial score (nSPS) is 22.1. The maximum Gasteiger partial charge on any atom is 0.248 e. The molecule has 0 spiro atoms. The van der Waals surface area contributed by atoms with Gasteiger partial charge >= 0.3 is 0 Å². The minimum Gasteiger partial charge on any atom is -0.367 e. The zero-order chi connectivity index (χ0) is 7.98. The van der Waals surface area contributed by atoms with Crippen LogP contribution in [0.15, 0.2) is 0 Å². The second-order valence-electron chi connectivity index (χ2n) is 1.80. The summed E-state index contributed by atoms with van der Waals surface area (Å²) in [4.78, 5) is 10.6. The minimum absolute atomic E-state index is 0. The van der Waals surface area contributed by atoms with E-state index < -0.39 is 0 Å². The first kappa shape index (κ1) is 13.1. The molecule has 0 radical (unpaired) electrons. The molecule has 68 valence electrons. The van der Waals surface area contributed by atoms with Crippen molar-refractivity contribution in [1.29, 1.82) is 0 Å². The van der Waals surface area contributed by atoms with Crippen LogP contribution in [0, 0.1) is 0 Å². The number of hydrogen-bond acceptors (Lipinski definition) is 2. The zero-order valence-corrected chi connectivity index (χ0v) is 6.81. The molecule has 0 aromatic heterocycles. The van der Waals surface area contributed by atoms with E-state index in [4.69, 9.17) is 4.74 Å². The summed E-state index contributed by atoms with van der Waals surface area (Å²) in [7, 11) is 0. The van der Waals surface area contributed by atoms with Crippen LogP contribution in [0.5, 0.6) is 0 Å². The molecule has 3 heteroatoms. The number of rotatable bonds is 0. The van der Waals surface area contributed by atoms with Crippen molar-refractivity contribution in [1.82, 2.24) is 5.32 Å². The Morgan fingerprint density at radius 1 is 1.55 bits per heavy atom. The third kappa shape index (κ3) is 4.79. The third-order valence-corrected chi connectivity index (χ3v) is 1.14. The molecule has 1 amide bonds. The number of amides is 1. The summed E-state index contributed by atoms with van der Waals surface area (Å²) in [5, 5.41) is 2.67. The smallest absolute Gasteiger partial charge is 0.248 e. The molecule has 0 aliphatic carbocycles. The number of ether oxygens (including phenoxy) is 1. The van der Waals surface area contributed by atoms with Crippen molar-refractivity contribution in [2.75, 3.05) is 13.2 Å². The fourth-order valence-electron chi connectivity index (χ4n) is 0.629. The van der Waals surface area contributed by atoms with Gasteiger partial charge in [-0.05, 0) is 6.92 Å². The average Bonchev–Trinajstić information content (AvgIpc) is 2.00. The molecule has 0 saturated carbocycles. The fraction of sp³-hybridized carbons (Fsp3) is 0.875. The standard InChI is InChI=1S/C5H9NO2.C2H6.CH4/c1-4-5(7)6-2-3-8-4;1-2;/h4H,2-3H2,1H3,(H,6,7);1-2H3;1H4. The lowest BCUT2D eigenvalue weighted by Crippen LogP contribution is -2.42. The summed E-state index contributed by atoms with van der Waals surface area (Å²) in [5.41, 5.74) is 0. The SMILES string of the molecule is C.CC.CC1OCCNC1=O. The van der Waals surface area contributed by atoms with Crippen LogP contribution in [-0.2, 0) is 9.53 Å². The van der Waals surface area contributed by atoms with E-state index in [-0.39, 0.29) is 19.4 Å². The molecule has 0 aromatic rings. The van der Waals surface area contributed by atoms with Crippen LogP contribution in [0.2, 0.25) is 0 Å². The monoisotopic (exact) mass is 161 g/mol. The van der Waals surface area contributed by atoms with E-state index >= 15 is 0 Å². The van der Waals surface area contributed by atoms with Crippen molar-refractivity contribution in [3.05, 3.63) is 0 Å². The lowest BCUT2D eigenvalue weighted by Gasteiger charge is -2.18. The second kappa shape index (κ2) is 7.54. The van der Waals surface area contributed by atoms with Crippen LogP contribution in [0.1, 0.15) is 28.2 Å². The molecule has 1 rings (SSSR count). The van der Waals surface area contributed by atoms with Crippen molar-refractivity contribution in [2.24, 2.45) is 0 Å². The molecule has 0 bridgehead atoms. The van der Waals surface area contributed by atoms with Crippen molar-refractivity contribution >= 4 is 5.91 Å². The van der Waals surface area contributed by atoms with Crippen molar-refractivity contribution in [3.8, 4) is 0 Å². The molecule has 1 fully saturated rings. The number of carbonyl (C=O) groups excluding carboxylic acids is 1. The van der Waals surface area contributed by atoms with E-state index in [1.807, 2.05) is 13.8 Å². The Labute approximate surface area is 69.1 Å². The Morgan fingerprint density at radius 2 is 2.09 bits per heavy atom. The topological polar surface area (TPSA) is 38.3 Å².